The topological polar surface area (TPSA) is 52.1 Å². The Hall–Kier alpha value is -0.870. The third-order valence-electron chi connectivity index (χ3n) is 4.99. The number of hydrogen-bond donors (Lipinski definition) is 2. The van der Waals surface area contributed by atoms with Crippen molar-refractivity contribution in [2.45, 2.75) is 58.1 Å². The van der Waals surface area contributed by atoms with E-state index in [0.717, 1.165) is 31.9 Å². The summed E-state index contributed by atoms with van der Waals surface area (Å²) in [6.07, 6.45) is 7.81. The number of rotatable bonds is 6. The molecule has 2 aliphatic rings. The second-order valence-electron chi connectivity index (χ2n) is 6.79. The summed E-state index contributed by atoms with van der Waals surface area (Å²) in [6.45, 7) is 7.10. The molecule has 1 aliphatic heterocycles. The third kappa shape index (κ3) is 2.77. The SMILES string of the molecule is CCCCc1ncc(CN2C[C@@H](C)[C@](O)(C3CC3)C2)[nH]1. The van der Waals surface area contributed by atoms with Crippen molar-refractivity contribution >= 4 is 0 Å². The van der Waals surface area contributed by atoms with Crippen LogP contribution in [0.3, 0.4) is 0 Å². The zero-order valence-electron chi connectivity index (χ0n) is 12.7. The lowest BCUT2D eigenvalue weighted by Crippen LogP contribution is -2.39. The summed E-state index contributed by atoms with van der Waals surface area (Å²) in [5, 5.41) is 10.8. The van der Waals surface area contributed by atoms with E-state index in [1.807, 2.05) is 6.20 Å². The minimum absolute atomic E-state index is 0.387. The molecule has 0 spiro atoms. The Labute approximate surface area is 121 Å². The van der Waals surface area contributed by atoms with Gasteiger partial charge in [-0.15, -0.1) is 0 Å². The summed E-state index contributed by atoms with van der Waals surface area (Å²) in [5.74, 6) is 2.04. The first-order chi connectivity index (χ1) is 9.61. The fourth-order valence-electron chi connectivity index (χ4n) is 3.56. The molecule has 0 radical (unpaired) electrons. The molecule has 2 atom stereocenters. The summed E-state index contributed by atoms with van der Waals surface area (Å²) < 4.78 is 0. The van der Waals surface area contributed by atoms with Crippen LogP contribution in [-0.2, 0) is 13.0 Å². The number of hydrogen-bond acceptors (Lipinski definition) is 3. The lowest BCUT2D eigenvalue weighted by molar-refractivity contribution is -0.00448. The number of aryl methyl sites for hydroxylation is 1. The maximum atomic E-state index is 10.8. The number of nitrogens with one attached hydrogen (secondary N) is 1. The maximum Gasteiger partial charge on any atom is 0.106 e. The number of unbranched alkanes of at least 4 members (excludes halogenated alkanes) is 1. The van der Waals surface area contributed by atoms with E-state index in [1.165, 1.54) is 31.4 Å². The van der Waals surface area contributed by atoms with Gasteiger partial charge in [-0.05, 0) is 31.1 Å². The van der Waals surface area contributed by atoms with Gasteiger partial charge in [0, 0.05) is 37.9 Å². The molecule has 3 rings (SSSR count). The number of aliphatic hydroxyl groups is 1. The number of imidazole rings is 1. The van der Waals surface area contributed by atoms with Crippen molar-refractivity contribution in [3.05, 3.63) is 17.7 Å². The summed E-state index contributed by atoms with van der Waals surface area (Å²) in [7, 11) is 0. The van der Waals surface area contributed by atoms with Crippen LogP contribution in [-0.4, -0.2) is 38.7 Å². The Kier molecular flexibility index (Phi) is 3.87. The number of β-amino-alcohol motifs (C(OH)–C–C–N with tert-alkyl or cyclic N) is 1. The Morgan fingerprint density at radius 3 is 3.00 bits per heavy atom. The molecule has 2 N–H and O–H groups in total. The molecule has 1 saturated carbocycles. The second kappa shape index (κ2) is 5.49. The van der Waals surface area contributed by atoms with E-state index in [-0.39, 0.29) is 0 Å². The van der Waals surface area contributed by atoms with Gasteiger partial charge in [-0.2, -0.15) is 0 Å². The first-order valence-electron chi connectivity index (χ1n) is 8.09. The van der Waals surface area contributed by atoms with Crippen LogP contribution in [0.1, 0.15) is 51.0 Å². The molecular weight excluding hydrogens is 250 g/mol. The van der Waals surface area contributed by atoms with Gasteiger partial charge >= 0.3 is 0 Å². The van der Waals surface area contributed by atoms with E-state index in [0.29, 0.717) is 11.8 Å². The summed E-state index contributed by atoms with van der Waals surface area (Å²) in [4.78, 5) is 10.3. The van der Waals surface area contributed by atoms with Gasteiger partial charge in [0.2, 0.25) is 0 Å². The minimum Gasteiger partial charge on any atom is -0.388 e. The van der Waals surface area contributed by atoms with E-state index in [2.05, 4.69) is 28.7 Å². The van der Waals surface area contributed by atoms with E-state index in [4.69, 9.17) is 0 Å². The van der Waals surface area contributed by atoms with E-state index in [9.17, 15) is 5.11 Å². The van der Waals surface area contributed by atoms with Gasteiger partial charge in [0.15, 0.2) is 0 Å². The molecule has 0 amide bonds. The van der Waals surface area contributed by atoms with Crippen molar-refractivity contribution in [1.82, 2.24) is 14.9 Å². The van der Waals surface area contributed by atoms with Crippen molar-refractivity contribution in [3.63, 3.8) is 0 Å². The third-order valence-corrected chi connectivity index (χ3v) is 4.99. The first kappa shape index (κ1) is 14.1. The van der Waals surface area contributed by atoms with E-state index >= 15 is 0 Å². The standard InChI is InChI=1S/C16H27N3O/c1-3-4-5-15-17-8-14(18-15)10-19-9-12(2)16(20,11-19)13-6-7-13/h8,12-13,20H,3-7,9-11H2,1-2H3,(H,17,18)/t12-,16+/m1/s1. The van der Waals surface area contributed by atoms with E-state index in [1.54, 1.807) is 0 Å². The summed E-state index contributed by atoms with van der Waals surface area (Å²) in [5.41, 5.74) is 0.744. The largest absolute Gasteiger partial charge is 0.388 e. The molecule has 4 nitrogen and oxygen atoms in total. The number of aromatic nitrogens is 2. The maximum absolute atomic E-state index is 10.8. The lowest BCUT2D eigenvalue weighted by Gasteiger charge is -2.26. The number of likely N-dealkylation sites (tertiary alicyclic amines) is 1. The molecule has 1 aliphatic carbocycles. The molecule has 2 heterocycles. The predicted molar refractivity (Wildman–Crippen MR) is 79.3 cm³/mol. The highest BCUT2D eigenvalue weighted by Crippen LogP contribution is 2.47. The fourth-order valence-corrected chi connectivity index (χ4v) is 3.56. The van der Waals surface area contributed by atoms with Crippen LogP contribution in [0.15, 0.2) is 6.20 Å². The molecule has 0 aromatic carbocycles. The van der Waals surface area contributed by atoms with Crippen LogP contribution in [0.25, 0.3) is 0 Å². The molecule has 4 heteroatoms. The van der Waals surface area contributed by atoms with Crippen molar-refractivity contribution in [2.75, 3.05) is 13.1 Å². The predicted octanol–water partition coefficient (Wildman–Crippen LogP) is 2.35. The molecule has 1 saturated heterocycles. The summed E-state index contributed by atoms with van der Waals surface area (Å²) in [6, 6.07) is 0. The highest BCUT2D eigenvalue weighted by Gasteiger charge is 2.52. The van der Waals surface area contributed by atoms with Gasteiger partial charge in [0.1, 0.15) is 5.82 Å². The van der Waals surface area contributed by atoms with Gasteiger partial charge in [-0.3, -0.25) is 4.90 Å². The Morgan fingerprint density at radius 2 is 2.30 bits per heavy atom. The van der Waals surface area contributed by atoms with Gasteiger partial charge in [-0.1, -0.05) is 20.3 Å². The Morgan fingerprint density at radius 1 is 1.50 bits per heavy atom. The average molecular weight is 277 g/mol. The number of H-pyrrole nitrogens is 1. The Bertz CT molecular complexity index is 454. The number of nitrogens with zero attached hydrogens (tertiary/aromatic N) is 2. The molecule has 1 aromatic rings. The quantitative estimate of drug-likeness (QED) is 0.839. The molecule has 112 valence electrons. The smallest absolute Gasteiger partial charge is 0.106 e. The van der Waals surface area contributed by atoms with Crippen molar-refractivity contribution in [1.29, 1.82) is 0 Å². The normalized spacial score (nSPS) is 31.1. The summed E-state index contributed by atoms with van der Waals surface area (Å²) >= 11 is 0. The Balaban J connectivity index is 1.57. The highest BCUT2D eigenvalue weighted by atomic mass is 16.3. The minimum atomic E-state index is -0.439. The van der Waals surface area contributed by atoms with Gasteiger partial charge in [0.25, 0.3) is 0 Å². The average Bonchev–Trinajstić information content (AvgIpc) is 3.12. The van der Waals surface area contributed by atoms with Gasteiger partial charge in [0.05, 0.1) is 5.60 Å². The van der Waals surface area contributed by atoms with Crippen LogP contribution >= 0.6 is 0 Å². The first-order valence-corrected chi connectivity index (χ1v) is 8.09. The van der Waals surface area contributed by atoms with E-state index < -0.39 is 5.60 Å². The lowest BCUT2D eigenvalue weighted by atomic mass is 9.88. The van der Waals surface area contributed by atoms with Crippen LogP contribution in [0, 0.1) is 11.8 Å². The molecule has 1 aromatic heterocycles. The van der Waals surface area contributed by atoms with Crippen molar-refractivity contribution in [3.8, 4) is 0 Å². The van der Waals surface area contributed by atoms with Crippen LogP contribution in [0.2, 0.25) is 0 Å². The second-order valence-corrected chi connectivity index (χ2v) is 6.79. The van der Waals surface area contributed by atoms with Gasteiger partial charge < -0.3 is 10.1 Å². The highest BCUT2D eigenvalue weighted by molar-refractivity contribution is 5.07. The van der Waals surface area contributed by atoms with Crippen LogP contribution in [0.5, 0.6) is 0 Å². The fraction of sp³-hybridized carbons (Fsp3) is 0.812. The number of aromatic amines is 1. The molecule has 20 heavy (non-hydrogen) atoms. The monoisotopic (exact) mass is 277 g/mol. The molecule has 0 bridgehead atoms. The molecule has 0 unspecified atom stereocenters. The molecule has 2 fully saturated rings. The zero-order valence-corrected chi connectivity index (χ0v) is 12.7. The van der Waals surface area contributed by atoms with Crippen molar-refractivity contribution in [2.24, 2.45) is 11.8 Å². The molecular formula is C16H27N3O. The zero-order chi connectivity index (χ0) is 14.2. The van der Waals surface area contributed by atoms with Crippen LogP contribution in [0.4, 0.5) is 0 Å². The van der Waals surface area contributed by atoms with Gasteiger partial charge in [-0.25, -0.2) is 4.98 Å². The van der Waals surface area contributed by atoms with Crippen molar-refractivity contribution < 1.29 is 5.11 Å². The van der Waals surface area contributed by atoms with Crippen LogP contribution < -0.4 is 0 Å².